The molecule has 0 bridgehead atoms. The van der Waals surface area contributed by atoms with E-state index in [4.69, 9.17) is 20.9 Å². The number of aromatic nitrogens is 3. The van der Waals surface area contributed by atoms with Crippen molar-refractivity contribution in [1.29, 1.82) is 0 Å². The van der Waals surface area contributed by atoms with Crippen molar-refractivity contribution in [1.82, 2.24) is 14.7 Å². The van der Waals surface area contributed by atoms with Gasteiger partial charge >= 0.3 is 0 Å². The van der Waals surface area contributed by atoms with Gasteiger partial charge in [-0.3, -0.25) is 0 Å². The highest BCUT2D eigenvalue weighted by atomic mass is 35.5. The first-order valence-corrected chi connectivity index (χ1v) is 11.3. The summed E-state index contributed by atoms with van der Waals surface area (Å²) in [5.41, 5.74) is 4.17. The van der Waals surface area contributed by atoms with Crippen LogP contribution in [0, 0.1) is 0 Å². The van der Waals surface area contributed by atoms with Gasteiger partial charge < -0.3 is 13.8 Å². The SMILES string of the molecule is CCc1ccc(OC(c2cccc(Cl)c2)c2nc(-c3ccc(Cn4cc[cH-]4)cc3)no2)cc1. The van der Waals surface area contributed by atoms with Crippen LogP contribution in [0.3, 0.4) is 0 Å². The molecule has 33 heavy (non-hydrogen) atoms. The number of hydrogen-bond donors (Lipinski definition) is 0. The summed E-state index contributed by atoms with van der Waals surface area (Å²) in [5.74, 6) is 1.61. The fourth-order valence-corrected chi connectivity index (χ4v) is 3.81. The predicted molar refractivity (Wildman–Crippen MR) is 129 cm³/mol. The molecular formula is C27H23ClN3O2-. The predicted octanol–water partition coefficient (Wildman–Crippen LogP) is 6.69. The van der Waals surface area contributed by atoms with Crippen LogP contribution in [0.2, 0.25) is 5.02 Å². The Hall–Kier alpha value is -3.70. The summed E-state index contributed by atoms with van der Waals surface area (Å²) < 4.78 is 14.1. The van der Waals surface area contributed by atoms with E-state index in [2.05, 4.69) is 45.9 Å². The first kappa shape index (κ1) is 21.2. The Bertz CT molecular complexity index is 1310. The molecule has 2 aromatic heterocycles. The van der Waals surface area contributed by atoms with Crippen LogP contribution in [0.4, 0.5) is 0 Å². The summed E-state index contributed by atoms with van der Waals surface area (Å²) in [4.78, 5) is 4.66. The van der Waals surface area contributed by atoms with Gasteiger partial charge in [-0.15, -0.1) is 18.5 Å². The molecule has 0 amide bonds. The molecule has 0 spiro atoms. The molecule has 1 atom stereocenters. The summed E-state index contributed by atoms with van der Waals surface area (Å²) in [6, 6.07) is 25.7. The molecule has 0 fully saturated rings. The quantitative estimate of drug-likeness (QED) is 0.244. The molecule has 0 N–H and O–H groups in total. The monoisotopic (exact) mass is 456 g/mol. The van der Waals surface area contributed by atoms with Crippen molar-refractivity contribution in [2.45, 2.75) is 26.0 Å². The van der Waals surface area contributed by atoms with Crippen LogP contribution in [0.25, 0.3) is 11.4 Å². The van der Waals surface area contributed by atoms with E-state index in [0.717, 1.165) is 29.8 Å². The molecule has 0 saturated carbocycles. The molecule has 0 aliphatic heterocycles. The molecule has 5 nitrogen and oxygen atoms in total. The lowest BCUT2D eigenvalue weighted by Gasteiger charge is -2.16. The Labute approximate surface area is 197 Å². The van der Waals surface area contributed by atoms with E-state index >= 15 is 0 Å². The minimum atomic E-state index is -0.578. The minimum absolute atomic E-state index is 0.372. The Kier molecular flexibility index (Phi) is 6.05. The van der Waals surface area contributed by atoms with Gasteiger partial charge in [-0.1, -0.05) is 72.2 Å². The van der Waals surface area contributed by atoms with E-state index in [1.165, 1.54) is 11.1 Å². The van der Waals surface area contributed by atoms with Crippen molar-refractivity contribution in [2.75, 3.05) is 0 Å². The Morgan fingerprint density at radius 2 is 1.79 bits per heavy atom. The topological polar surface area (TPSA) is 53.1 Å². The summed E-state index contributed by atoms with van der Waals surface area (Å²) in [7, 11) is 0. The summed E-state index contributed by atoms with van der Waals surface area (Å²) in [6.45, 7) is 2.97. The van der Waals surface area contributed by atoms with Gasteiger partial charge in [0.2, 0.25) is 11.9 Å². The van der Waals surface area contributed by atoms with Gasteiger partial charge in [0.15, 0.2) is 0 Å². The third-order valence-electron chi connectivity index (χ3n) is 5.54. The van der Waals surface area contributed by atoms with Crippen molar-refractivity contribution in [3.05, 3.63) is 119 Å². The van der Waals surface area contributed by atoms with Crippen molar-refractivity contribution in [3.63, 3.8) is 0 Å². The number of aryl methyl sites for hydroxylation is 1. The van der Waals surface area contributed by atoms with Gasteiger partial charge in [0.05, 0.1) is 0 Å². The van der Waals surface area contributed by atoms with Crippen molar-refractivity contribution >= 4 is 11.6 Å². The average Bonchev–Trinajstić information content (AvgIpc) is 3.30. The molecule has 5 aromatic rings. The molecule has 1 unspecified atom stereocenters. The number of benzene rings is 3. The molecule has 0 aliphatic carbocycles. The maximum absolute atomic E-state index is 6.30. The van der Waals surface area contributed by atoms with E-state index in [1.807, 2.05) is 67.0 Å². The highest BCUT2D eigenvalue weighted by Crippen LogP contribution is 2.30. The van der Waals surface area contributed by atoms with Crippen molar-refractivity contribution in [2.24, 2.45) is 0 Å². The maximum atomic E-state index is 6.30. The van der Waals surface area contributed by atoms with Crippen LogP contribution in [0.1, 0.15) is 35.6 Å². The zero-order valence-electron chi connectivity index (χ0n) is 18.2. The van der Waals surface area contributed by atoms with E-state index in [1.54, 1.807) is 0 Å². The summed E-state index contributed by atoms with van der Waals surface area (Å²) in [6.07, 6.45) is 4.48. The number of ether oxygens (including phenoxy) is 1. The van der Waals surface area contributed by atoms with E-state index in [9.17, 15) is 0 Å². The Morgan fingerprint density at radius 3 is 2.45 bits per heavy atom. The molecule has 3 aromatic carbocycles. The van der Waals surface area contributed by atoms with Crippen LogP contribution in [-0.2, 0) is 13.0 Å². The van der Waals surface area contributed by atoms with Gasteiger partial charge in [0.1, 0.15) is 5.75 Å². The van der Waals surface area contributed by atoms with Gasteiger partial charge in [-0.25, -0.2) is 0 Å². The number of hydrogen-bond acceptors (Lipinski definition) is 4. The zero-order chi connectivity index (χ0) is 22.6. The summed E-state index contributed by atoms with van der Waals surface area (Å²) >= 11 is 6.25. The largest absolute Gasteiger partial charge is 0.476 e. The average molecular weight is 457 g/mol. The van der Waals surface area contributed by atoms with Crippen molar-refractivity contribution < 1.29 is 9.26 Å². The first-order chi connectivity index (χ1) is 16.2. The standard InChI is InChI=1S/C27H23ClN3O2/c1-2-19-9-13-24(14-10-19)32-25(22-5-3-6-23(28)17-22)27-29-26(30-33-27)21-11-7-20(8-12-21)18-31-15-4-16-31/h3-17,25H,2,18H2,1H3/q-1. The smallest absolute Gasteiger partial charge is 0.272 e. The molecule has 5 rings (SSSR count). The van der Waals surface area contributed by atoms with Gasteiger partial charge in [-0.05, 0) is 41.8 Å². The highest BCUT2D eigenvalue weighted by molar-refractivity contribution is 6.30. The van der Waals surface area contributed by atoms with Crippen LogP contribution in [-0.4, -0.2) is 14.7 Å². The molecule has 0 radical (unpaired) electrons. The van der Waals surface area contributed by atoms with Gasteiger partial charge in [0.25, 0.3) is 5.89 Å². The normalized spacial score (nSPS) is 12.1. The maximum Gasteiger partial charge on any atom is 0.272 e. The fraction of sp³-hybridized carbons (Fsp3) is 0.148. The molecular weight excluding hydrogens is 434 g/mol. The molecule has 0 saturated heterocycles. The summed E-state index contributed by atoms with van der Waals surface area (Å²) in [5, 5.41) is 4.83. The van der Waals surface area contributed by atoms with E-state index in [0.29, 0.717) is 16.7 Å². The number of rotatable bonds is 8. The second-order valence-electron chi connectivity index (χ2n) is 7.87. The number of halogens is 1. The van der Waals surface area contributed by atoms with Gasteiger partial charge in [0, 0.05) is 22.7 Å². The zero-order valence-corrected chi connectivity index (χ0v) is 18.9. The minimum Gasteiger partial charge on any atom is -0.476 e. The molecule has 0 aliphatic rings. The van der Waals surface area contributed by atoms with Gasteiger partial charge in [-0.2, -0.15) is 4.98 Å². The van der Waals surface area contributed by atoms with Crippen molar-refractivity contribution in [3.8, 4) is 17.1 Å². The lowest BCUT2D eigenvalue weighted by molar-refractivity contribution is 0.193. The molecule has 6 heteroatoms. The van der Waals surface area contributed by atoms with E-state index < -0.39 is 6.10 Å². The Balaban J connectivity index is 1.42. The highest BCUT2D eigenvalue weighted by Gasteiger charge is 2.24. The van der Waals surface area contributed by atoms with E-state index in [-0.39, 0.29) is 0 Å². The third-order valence-corrected chi connectivity index (χ3v) is 5.77. The lowest BCUT2D eigenvalue weighted by atomic mass is 10.1. The second kappa shape index (κ2) is 9.43. The fourth-order valence-electron chi connectivity index (χ4n) is 3.61. The van der Waals surface area contributed by atoms with Crippen LogP contribution < -0.4 is 4.74 Å². The second-order valence-corrected chi connectivity index (χ2v) is 8.30. The lowest BCUT2D eigenvalue weighted by Crippen LogP contribution is -2.10. The van der Waals surface area contributed by atoms with Crippen LogP contribution in [0.15, 0.2) is 95.8 Å². The van der Waals surface area contributed by atoms with Crippen LogP contribution in [0.5, 0.6) is 5.75 Å². The van der Waals surface area contributed by atoms with Crippen LogP contribution >= 0.6 is 11.6 Å². The molecule has 166 valence electrons. The third kappa shape index (κ3) is 4.89. The first-order valence-electron chi connectivity index (χ1n) is 10.9. The number of nitrogens with zero attached hydrogens (tertiary/aromatic N) is 3. The Morgan fingerprint density at radius 1 is 1.03 bits per heavy atom. The molecule has 2 heterocycles.